The Morgan fingerprint density at radius 3 is 2.06 bits per heavy atom. The average molecular weight is 477 g/mol. The fourth-order valence-electron chi connectivity index (χ4n) is 2.18. The molecule has 1 atom stereocenters. The third-order valence-electron chi connectivity index (χ3n) is 3.72. The Morgan fingerprint density at radius 2 is 1.45 bits per heavy atom. The molecule has 2 amide bonds. The number of carbonyl (C=O) groups excluding carboxylic acids is 2. The van der Waals surface area contributed by atoms with Gasteiger partial charge in [-0.15, -0.1) is 0 Å². The van der Waals surface area contributed by atoms with E-state index in [0.29, 0.717) is 13.1 Å². The maximum absolute atomic E-state index is 12.1. The van der Waals surface area contributed by atoms with Crippen LogP contribution in [0.2, 0.25) is 0 Å². The van der Waals surface area contributed by atoms with Crippen LogP contribution in [0.1, 0.15) is 19.3 Å². The summed E-state index contributed by atoms with van der Waals surface area (Å²) in [5.41, 5.74) is 16.0. The molecule has 1 unspecified atom stereocenters. The van der Waals surface area contributed by atoms with Gasteiger partial charge >= 0.3 is 0 Å². The van der Waals surface area contributed by atoms with E-state index in [-0.39, 0.29) is 12.1 Å². The molecule has 180 valence electrons. The van der Waals surface area contributed by atoms with Crippen LogP contribution in [0.5, 0.6) is 0 Å². The quantitative estimate of drug-likeness (QED) is 0.0409. The summed E-state index contributed by atoms with van der Waals surface area (Å²) < 4.78 is 0. The third-order valence-corrected chi connectivity index (χ3v) is 6.12. The molecule has 0 aromatic carbocycles. The van der Waals surface area contributed by atoms with E-state index >= 15 is 0 Å². The standard InChI is InChI=1S/C19H40N8O2S2/c20-6-1-8-23-11-4-18(26-9-2-7-21)27-19(29)5-12-25-14-16-31-30-15-13-24-10-3-17(22)28/h3,5,10,12,18,23-26H,1-2,4,6-9,11,13-16,20-21H2,(H2,22,28)(H,27,29). The minimum Gasteiger partial charge on any atom is -0.390 e. The summed E-state index contributed by atoms with van der Waals surface area (Å²) in [4.78, 5) is 22.6. The predicted octanol–water partition coefficient (Wildman–Crippen LogP) is -1.23. The highest BCUT2D eigenvalue weighted by atomic mass is 33.1. The predicted molar refractivity (Wildman–Crippen MR) is 133 cm³/mol. The Balaban J connectivity index is 3.85. The topological polar surface area (TPSA) is 172 Å². The van der Waals surface area contributed by atoms with E-state index in [9.17, 15) is 9.59 Å². The molecule has 0 bridgehead atoms. The molecule has 0 fully saturated rings. The summed E-state index contributed by atoms with van der Waals surface area (Å²) in [6, 6.07) is 0. The third kappa shape index (κ3) is 23.1. The average Bonchev–Trinajstić information content (AvgIpc) is 2.74. The lowest BCUT2D eigenvalue weighted by atomic mass is 10.3. The monoisotopic (exact) mass is 476 g/mol. The van der Waals surface area contributed by atoms with Gasteiger partial charge in [0.25, 0.3) is 0 Å². The van der Waals surface area contributed by atoms with Crippen LogP contribution in [0.25, 0.3) is 0 Å². The maximum atomic E-state index is 12.1. The van der Waals surface area contributed by atoms with E-state index in [1.165, 1.54) is 12.2 Å². The minimum absolute atomic E-state index is 0.104. The smallest absolute Gasteiger partial charge is 0.246 e. The van der Waals surface area contributed by atoms with Crippen molar-refractivity contribution in [3.05, 3.63) is 24.6 Å². The van der Waals surface area contributed by atoms with Crippen molar-refractivity contribution in [1.82, 2.24) is 26.6 Å². The second-order valence-electron chi connectivity index (χ2n) is 6.46. The van der Waals surface area contributed by atoms with Crippen LogP contribution < -0.4 is 43.8 Å². The lowest BCUT2D eigenvalue weighted by Crippen LogP contribution is -2.47. The number of hydrogen-bond donors (Lipinski definition) is 8. The normalized spacial score (nSPS) is 12.3. The Hall–Kier alpha value is -1.44. The Morgan fingerprint density at radius 1 is 0.839 bits per heavy atom. The fraction of sp³-hybridized carbons (Fsp3) is 0.684. The lowest BCUT2D eigenvalue weighted by Gasteiger charge is -2.20. The van der Waals surface area contributed by atoms with E-state index in [2.05, 4.69) is 26.6 Å². The number of rotatable bonds is 22. The molecule has 0 aliphatic carbocycles. The first-order chi connectivity index (χ1) is 15.1. The summed E-state index contributed by atoms with van der Waals surface area (Å²) in [7, 11) is 3.48. The van der Waals surface area contributed by atoms with Crippen LogP contribution >= 0.6 is 21.6 Å². The van der Waals surface area contributed by atoms with Crippen molar-refractivity contribution < 1.29 is 9.59 Å². The molecular weight excluding hydrogens is 436 g/mol. The molecule has 12 heteroatoms. The molecule has 0 radical (unpaired) electrons. The van der Waals surface area contributed by atoms with Crippen LogP contribution in [-0.4, -0.2) is 75.3 Å². The number of nitrogens with two attached hydrogens (primary N) is 3. The Labute approximate surface area is 194 Å². The van der Waals surface area contributed by atoms with Crippen LogP contribution in [-0.2, 0) is 9.59 Å². The second kappa shape index (κ2) is 23.2. The van der Waals surface area contributed by atoms with Gasteiger partial charge in [0.05, 0.1) is 6.17 Å². The van der Waals surface area contributed by atoms with Crippen molar-refractivity contribution in [2.24, 2.45) is 17.2 Å². The van der Waals surface area contributed by atoms with Gasteiger partial charge < -0.3 is 38.5 Å². The summed E-state index contributed by atoms with van der Waals surface area (Å²) in [5.74, 6) is 1.21. The minimum atomic E-state index is -0.462. The second-order valence-corrected chi connectivity index (χ2v) is 9.16. The molecule has 0 aliphatic rings. The first-order valence-electron chi connectivity index (χ1n) is 10.6. The molecule has 0 saturated carbocycles. The van der Waals surface area contributed by atoms with Crippen molar-refractivity contribution in [1.29, 1.82) is 0 Å². The largest absolute Gasteiger partial charge is 0.390 e. The molecule has 0 aliphatic heterocycles. The number of amides is 2. The fourth-order valence-corrected chi connectivity index (χ4v) is 4.03. The van der Waals surface area contributed by atoms with Gasteiger partial charge in [-0.25, -0.2) is 0 Å². The van der Waals surface area contributed by atoms with Gasteiger partial charge in [0.1, 0.15) is 0 Å². The molecule has 0 spiro atoms. The van der Waals surface area contributed by atoms with Crippen LogP contribution in [0.3, 0.4) is 0 Å². The number of carbonyl (C=O) groups is 2. The van der Waals surface area contributed by atoms with Crippen LogP contribution in [0, 0.1) is 0 Å². The molecule has 11 N–H and O–H groups in total. The number of primary amides is 1. The van der Waals surface area contributed by atoms with Crippen molar-refractivity contribution in [2.75, 3.05) is 57.3 Å². The SMILES string of the molecule is NCCCNCCC(NCCCN)NC(=O)C=CNCCSSCCNC=CC(N)=O. The van der Waals surface area contributed by atoms with E-state index in [4.69, 9.17) is 17.2 Å². The van der Waals surface area contributed by atoms with E-state index in [1.54, 1.807) is 34.0 Å². The zero-order valence-corrected chi connectivity index (χ0v) is 19.9. The highest BCUT2D eigenvalue weighted by molar-refractivity contribution is 8.76. The summed E-state index contributed by atoms with van der Waals surface area (Å²) in [6.07, 6.45) is 8.51. The van der Waals surface area contributed by atoms with Crippen LogP contribution in [0.4, 0.5) is 0 Å². The highest BCUT2D eigenvalue weighted by Crippen LogP contribution is 2.19. The zero-order valence-electron chi connectivity index (χ0n) is 18.2. The summed E-state index contributed by atoms with van der Waals surface area (Å²) >= 11 is 0. The summed E-state index contributed by atoms with van der Waals surface area (Å²) in [6.45, 7) is 5.25. The van der Waals surface area contributed by atoms with Gasteiger partial charge in [-0.1, -0.05) is 21.6 Å². The van der Waals surface area contributed by atoms with Gasteiger partial charge in [-0.05, 0) is 52.0 Å². The van der Waals surface area contributed by atoms with Gasteiger partial charge in [0, 0.05) is 49.1 Å². The molecule has 10 nitrogen and oxygen atoms in total. The van der Waals surface area contributed by atoms with Gasteiger partial charge in [-0.2, -0.15) is 0 Å². The Kier molecular flexibility index (Phi) is 22.1. The molecule has 0 heterocycles. The van der Waals surface area contributed by atoms with Gasteiger partial charge in [-0.3, -0.25) is 14.9 Å². The van der Waals surface area contributed by atoms with E-state index in [0.717, 1.165) is 63.5 Å². The molecule has 0 aromatic heterocycles. The number of nitrogens with one attached hydrogen (secondary N) is 5. The van der Waals surface area contributed by atoms with Crippen molar-refractivity contribution in [3.8, 4) is 0 Å². The highest BCUT2D eigenvalue weighted by Gasteiger charge is 2.09. The van der Waals surface area contributed by atoms with E-state index < -0.39 is 5.91 Å². The van der Waals surface area contributed by atoms with Gasteiger partial charge in [0.15, 0.2) is 0 Å². The van der Waals surface area contributed by atoms with Crippen molar-refractivity contribution in [2.45, 2.75) is 25.4 Å². The lowest BCUT2D eigenvalue weighted by molar-refractivity contribution is -0.117. The maximum Gasteiger partial charge on any atom is 0.246 e. The molecular formula is C19H40N8O2S2. The molecule has 31 heavy (non-hydrogen) atoms. The van der Waals surface area contributed by atoms with Crippen molar-refractivity contribution in [3.63, 3.8) is 0 Å². The first-order valence-corrected chi connectivity index (χ1v) is 13.1. The first kappa shape index (κ1) is 29.6. The molecule has 0 rings (SSSR count). The number of hydrogen-bond acceptors (Lipinski definition) is 10. The van der Waals surface area contributed by atoms with Crippen molar-refractivity contribution >= 4 is 33.4 Å². The van der Waals surface area contributed by atoms with Crippen LogP contribution in [0.15, 0.2) is 24.6 Å². The zero-order chi connectivity index (χ0) is 23.0. The molecule has 0 saturated heterocycles. The van der Waals surface area contributed by atoms with E-state index in [1.807, 2.05) is 0 Å². The Bertz CT molecular complexity index is 509. The summed E-state index contributed by atoms with van der Waals surface area (Å²) in [5, 5.41) is 15.7. The molecule has 0 aromatic rings. The van der Waals surface area contributed by atoms with Gasteiger partial charge in [0.2, 0.25) is 11.8 Å².